The van der Waals surface area contributed by atoms with E-state index in [1.165, 1.54) is 0 Å². The molecule has 0 aromatic heterocycles. The van der Waals surface area contributed by atoms with E-state index in [-0.39, 0.29) is 29.5 Å². The van der Waals surface area contributed by atoms with Crippen molar-refractivity contribution in [2.24, 2.45) is 4.99 Å². The second-order valence-electron chi connectivity index (χ2n) is 4.48. The van der Waals surface area contributed by atoms with Crippen LogP contribution in [0.3, 0.4) is 0 Å². The maximum Gasteiger partial charge on any atom is 0.191 e. The molecule has 0 spiro atoms. The second-order valence-corrected chi connectivity index (χ2v) is 4.48. The third kappa shape index (κ3) is 12.0. The Balaban J connectivity index is 0. The van der Waals surface area contributed by atoms with Crippen LogP contribution in [-0.2, 0) is 4.74 Å². The van der Waals surface area contributed by atoms with Gasteiger partial charge in [-0.05, 0) is 34.1 Å². The number of nitrogens with zero attached hydrogens (tertiary/aromatic N) is 1. The van der Waals surface area contributed by atoms with E-state index < -0.39 is 0 Å². The van der Waals surface area contributed by atoms with Crippen molar-refractivity contribution in [2.45, 2.75) is 39.7 Å². The zero-order valence-corrected chi connectivity index (χ0v) is 13.4. The van der Waals surface area contributed by atoms with Crippen LogP contribution in [0.5, 0.6) is 0 Å². The summed E-state index contributed by atoms with van der Waals surface area (Å²) in [6.45, 7) is 10.9. The molecule has 0 fully saturated rings. The molecule has 0 aromatic rings. The zero-order valence-electron chi connectivity index (χ0n) is 11.1. The van der Waals surface area contributed by atoms with Gasteiger partial charge in [-0.3, -0.25) is 4.99 Å². The average Bonchev–Trinajstić information content (AvgIpc) is 2.10. The van der Waals surface area contributed by atoms with E-state index in [1.807, 2.05) is 0 Å². The van der Waals surface area contributed by atoms with Crippen LogP contribution in [0.2, 0.25) is 0 Å². The highest BCUT2D eigenvalue weighted by molar-refractivity contribution is 14.0. The Kier molecular flexibility index (Phi) is 11.6. The molecule has 0 bridgehead atoms. The number of methoxy groups -OCH3 is 1. The van der Waals surface area contributed by atoms with Crippen LogP contribution in [0, 0.1) is 0 Å². The maximum absolute atomic E-state index is 4.97. The third-order valence-electron chi connectivity index (χ3n) is 1.61. The Labute approximate surface area is 117 Å². The van der Waals surface area contributed by atoms with E-state index in [0.29, 0.717) is 0 Å². The summed E-state index contributed by atoms with van der Waals surface area (Å²) in [6.07, 6.45) is 0.956. The summed E-state index contributed by atoms with van der Waals surface area (Å²) in [6, 6.07) is 0. The van der Waals surface area contributed by atoms with Crippen molar-refractivity contribution in [1.82, 2.24) is 10.6 Å². The predicted molar refractivity (Wildman–Crippen MR) is 80.8 cm³/mol. The van der Waals surface area contributed by atoms with E-state index in [4.69, 9.17) is 4.74 Å². The summed E-state index contributed by atoms with van der Waals surface area (Å²) < 4.78 is 4.97. The summed E-state index contributed by atoms with van der Waals surface area (Å²) in [5.41, 5.74) is 0.0439. The lowest BCUT2D eigenvalue weighted by atomic mass is 10.1. The number of hydrogen-bond donors (Lipinski definition) is 2. The highest BCUT2D eigenvalue weighted by Crippen LogP contribution is 1.97. The molecule has 0 amide bonds. The van der Waals surface area contributed by atoms with Gasteiger partial charge in [-0.1, -0.05) is 0 Å². The van der Waals surface area contributed by atoms with Gasteiger partial charge in [-0.25, -0.2) is 0 Å². The maximum atomic E-state index is 4.97. The third-order valence-corrected chi connectivity index (χ3v) is 1.61. The molecule has 0 aromatic carbocycles. The quantitative estimate of drug-likeness (QED) is 0.347. The molecule has 98 valence electrons. The van der Waals surface area contributed by atoms with Crippen molar-refractivity contribution < 1.29 is 4.74 Å². The molecule has 0 rings (SSSR count). The van der Waals surface area contributed by atoms with Gasteiger partial charge in [0.1, 0.15) is 0 Å². The lowest BCUT2D eigenvalue weighted by molar-refractivity contribution is 0.197. The van der Waals surface area contributed by atoms with Gasteiger partial charge in [-0.15, -0.1) is 24.0 Å². The van der Waals surface area contributed by atoms with Crippen LogP contribution in [0.1, 0.15) is 34.1 Å². The summed E-state index contributed by atoms with van der Waals surface area (Å²) in [5, 5.41) is 6.55. The molecule has 0 atom stereocenters. The number of aliphatic imine (C=N–C) groups is 1. The van der Waals surface area contributed by atoms with Gasteiger partial charge < -0.3 is 15.4 Å². The van der Waals surface area contributed by atoms with E-state index >= 15 is 0 Å². The summed E-state index contributed by atoms with van der Waals surface area (Å²) in [7, 11) is 1.71. The van der Waals surface area contributed by atoms with Gasteiger partial charge in [0, 0.05) is 32.3 Å². The number of ether oxygens (including phenoxy) is 1. The zero-order chi connectivity index (χ0) is 11.7. The fraction of sp³-hybridized carbons (Fsp3) is 0.909. The lowest BCUT2D eigenvalue weighted by Gasteiger charge is -2.23. The first-order valence-corrected chi connectivity index (χ1v) is 5.55. The Morgan fingerprint density at radius 2 is 1.94 bits per heavy atom. The summed E-state index contributed by atoms with van der Waals surface area (Å²) >= 11 is 0. The molecule has 0 saturated heterocycles. The first kappa shape index (κ1) is 18.3. The van der Waals surface area contributed by atoms with E-state index in [9.17, 15) is 0 Å². The van der Waals surface area contributed by atoms with E-state index in [2.05, 4.69) is 43.3 Å². The van der Waals surface area contributed by atoms with Crippen LogP contribution in [-0.4, -0.2) is 38.3 Å². The molecule has 0 radical (unpaired) electrons. The summed E-state index contributed by atoms with van der Waals surface area (Å²) in [4.78, 5) is 4.45. The molecule has 0 aliphatic carbocycles. The first-order chi connectivity index (χ1) is 6.99. The number of guanidine groups is 1. The molecular formula is C11H26IN3O. The Morgan fingerprint density at radius 1 is 1.31 bits per heavy atom. The number of hydrogen-bond acceptors (Lipinski definition) is 2. The van der Waals surface area contributed by atoms with Crippen molar-refractivity contribution in [3.05, 3.63) is 0 Å². The summed E-state index contributed by atoms with van der Waals surface area (Å²) in [5.74, 6) is 0.876. The standard InChI is InChI=1S/C11H25N3O.HI/c1-6-12-10(14-11(2,3)4)13-8-7-9-15-5;/h6-9H2,1-5H3,(H2,12,13,14);1H. The molecular weight excluding hydrogens is 317 g/mol. The molecule has 0 heterocycles. The SMILES string of the molecule is CCNC(=NCCCOC)NC(C)(C)C.I. The molecule has 2 N–H and O–H groups in total. The van der Waals surface area contributed by atoms with Gasteiger partial charge >= 0.3 is 0 Å². The molecule has 0 aliphatic heterocycles. The second kappa shape index (κ2) is 10.1. The highest BCUT2D eigenvalue weighted by atomic mass is 127. The minimum atomic E-state index is 0. The van der Waals surface area contributed by atoms with Crippen LogP contribution >= 0.6 is 24.0 Å². The fourth-order valence-electron chi connectivity index (χ4n) is 1.06. The van der Waals surface area contributed by atoms with Gasteiger partial charge in [0.2, 0.25) is 0 Å². The average molecular weight is 343 g/mol. The normalized spacial score (nSPS) is 11.9. The monoisotopic (exact) mass is 343 g/mol. The molecule has 16 heavy (non-hydrogen) atoms. The first-order valence-electron chi connectivity index (χ1n) is 5.55. The van der Waals surface area contributed by atoms with Crippen molar-refractivity contribution in [2.75, 3.05) is 26.8 Å². The van der Waals surface area contributed by atoms with Crippen molar-refractivity contribution in [3.63, 3.8) is 0 Å². The largest absolute Gasteiger partial charge is 0.385 e. The van der Waals surface area contributed by atoms with Gasteiger partial charge in [0.05, 0.1) is 0 Å². The van der Waals surface area contributed by atoms with E-state index in [0.717, 1.165) is 32.1 Å². The van der Waals surface area contributed by atoms with Crippen molar-refractivity contribution >= 4 is 29.9 Å². The topological polar surface area (TPSA) is 45.7 Å². The molecule has 0 unspecified atom stereocenters. The number of nitrogens with one attached hydrogen (secondary N) is 2. The predicted octanol–water partition coefficient (Wildman–Crippen LogP) is 1.99. The fourth-order valence-corrected chi connectivity index (χ4v) is 1.06. The number of halogens is 1. The van der Waals surface area contributed by atoms with Crippen LogP contribution in [0.4, 0.5) is 0 Å². The minimum absolute atomic E-state index is 0. The van der Waals surface area contributed by atoms with Gasteiger partial charge in [-0.2, -0.15) is 0 Å². The van der Waals surface area contributed by atoms with Crippen LogP contribution in [0.25, 0.3) is 0 Å². The van der Waals surface area contributed by atoms with Gasteiger partial charge in [0.25, 0.3) is 0 Å². The smallest absolute Gasteiger partial charge is 0.191 e. The van der Waals surface area contributed by atoms with E-state index in [1.54, 1.807) is 7.11 Å². The minimum Gasteiger partial charge on any atom is -0.385 e. The Morgan fingerprint density at radius 3 is 2.38 bits per heavy atom. The van der Waals surface area contributed by atoms with Gasteiger partial charge in [0.15, 0.2) is 5.96 Å². The van der Waals surface area contributed by atoms with Crippen molar-refractivity contribution in [3.8, 4) is 0 Å². The van der Waals surface area contributed by atoms with Crippen molar-refractivity contribution in [1.29, 1.82) is 0 Å². The Bertz CT molecular complexity index is 190. The molecule has 0 aliphatic rings. The van der Waals surface area contributed by atoms with Crippen LogP contribution < -0.4 is 10.6 Å². The Hall–Kier alpha value is -0.0400. The molecule has 4 nitrogen and oxygen atoms in total. The number of rotatable bonds is 5. The lowest BCUT2D eigenvalue weighted by Crippen LogP contribution is -2.47. The highest BCUT2D eigenvalue weighted by Gasteiger charge is 2.10. The molecule has 0 saturated carbocycles. The molecule has 5 heteroatoms. The van der Waals surface area contributed by atoms with Crippen LogP contribution in [0.15, 0.2) is 4.99 Å².